The van der Waals surface area contributed by atoms with Crippen molar-refractivity contribution < 1.29 is 4.74 Å². The van der Waals surface area contributed by atoms with Crippen LogP contribution < -0.4 is 5.73 Å². The van der Waals surface area contributed by atoms with Gasteiger partial charge in [-0.1, -0.05) is 40.0 Å². The molecule has 21 heavy (non-hydrogen) atoms. The molecule has 1 aromatic rings. The average Bonchev–Trinajstić information content (AvgIpc) is 2.90. The first-order valence-corrected chi connectivity index (χ1v) is 9.10. The van der Waals surface area contributed by atoms with Gasteiger partial charge in [-0.2, -0.15) is 0 Å². The smallest absolute Gasteiger partial charge is 0.122 e. The van der Waals surface area contributed by atoms with Crippen LogP contribution in [-0.4, -0.2) is 11.6 Å². The molecular formula is C17H30N2OS. The zero-order valence-electron chi connectivity index (χ0n) is 13.9. The second kappa shape index (κ2) is 7.21. The second-order valence-corrected chi connectivity index (χ2v) is 8.17. The van der Waals surface area contributed by atoms with E-state index < -0.39 is 0 Å². The molecule has 120 valence electrons. The van der Waals surface area contributed by atoms with Gasteiger partial charge in [0.05, 0.1) is 5.69 Å². The summed E-state index contributed by atoms with van der Waals surface area (Å²) in [6.07, 6.45) is 6.74. The molecule has 0 aliphatic heterocycles. The molecule has 1 fully saturated rings. The lowest BCUT2D eigenvalue weighted by Gasteiger charge is -2.28. The monoisotopic (exact) mass is 310 g/mol. The summed E-state index contributed by atoms with van der Waals surface area (Å²) in [5.41, 5.74) is 7.15. The lowest BCUT2D eigenvalue weighted by molar-refractivity contribution is 0.00536. The highest BCUT2D eigenvalue weighted by molar-refractivity contribution is 7.11. The van der Waals surface area contributed by atoms with Crippen molar-refractivity contribution in [3.05, 3.63) is 15.6 Å². The number of rotatable bonds is 5. The lowest BCUT2D eigenvalue weighted by atomic mass is 9.85. The van der Waals surface area contributed by atoms with Crippen molar-refractivity contribution in [2.75, 3.05) is 6.61 Å². The van der Waals surface area contributed by atoms with Gasteiger partial charge in [0.15, 0.2) is 0 Å². The maximum Gasteiger partial charge on any atom is 0.122 e. The minimum atomic E-state index is 0.0484. The summed E-state index contributed by atoms with van der Waals surface area (Å²) in [7, 11) is 0. The van der Waals surface area contributed by atoms with Gasteiger partial charge in [0.1, 0.15) is 11.1 Å². The Balaban J connectivity index is 2.29. The Labute approximate surface area is 133 Å². The summed E-state index contributed by atoms with van der Waals surface area (Å²) < 4.78 is 6.10. The molecule has 0 spiro atoms. The first-order valence-electron chi connectivity index (χ1n) is 8.29. The molecule has 1 aliphatic rings. The van der Waals surface area contributed by atoms with E-state index in [1.807, 2.05) is 0 Å². The van der Waals surface area contributed by atoms with E-state index in [-0.39, 0.29) is 11.5 Å². The Kier molecular flexibility index (Phi) is 5.81. The van der Waals surface area contributed by atoms with Crippen LogP contribution in [0.1, 0.15) is 81.5 Å². The molecule has 0 bridgehead atoms. The van der Waals surface area contributed by atoms with E-state index in [9.17, 15) is 0 Å². The van der Waals surface area contributed by atoms with Gasteiger partial charge in [-0.05, 0) is 25.7 Å². The Morgan fingerprint density at radius 3 is 2.43 bits per heavy atom. The van der Waals surface area contributed by atoms with Crippen LogP contribution in [0.3, 0.4) is 0 Å². The van der Waals surface area contributed by atoms with Gasteiger partial charge in [-0.15, -0.1) is 11.3 Å². The zero-order valence-corrected chi connectivity index (χ0v) is 14.8. The second-order valence-electron chi connectivity index (χ2n) is 7.05. The summed E-state index contributed by atoms with van der Waals surface area (Å²) in [4.78, 5) is 6.18. The van der Waals surface area contributed by atoms with Crippen LogP contribution in [0.25, 0.3) is 0 Å². The minimum absolute atomic E-state index is 0.0484. The molecule has 1 saturated carbocycles. The van der Waals surface area contributed by atoms with E-state index in [1.54, 1.807) is 11.3 Å². The van der Waals surface area contributed by atoms with Gasteiger partial charge in [-0.3, -0.25) is 0 Å². The van der Waals surface area contributed by atoms with Crippen LogP contribution in [0.5, 0.6) is 0 Å². The standard InChI is InChI=1S/C17H30N2OS/c1-5-20-14(12-9-7-6-8-10-12)16-19-15(17(2,3)4)13(11-18)21-16/h12,14H,5-11,18H2,1-4H3. The van der Waals surface area contributed by atoms with Crippen LogP contribution >= 0.6 is 11.3 Å². The van der Waals surface area contributed by atoms with E-state index in [1.165, 1.54) is 37.0 Å². The normalized spacial score (nSPS) is 18.9. The summed E-state index contributed by atoms with van der Waals surface area (Å²) >= 11 is 1.77. The first-order chi connectivity index (χ1) is 9.97. The summed E-state index contributed by atoms with van der Waals surface area (Å²) in [6.45, 7) is 10.0. The van der Waals surface area contributed by atoms with Crippen molar-refractivity contribution in [1.29, 1.82) is 0 Å². The quantitative estimate of drug-likeness (QED) is 0.867. The molecule has 0 amide bonds. The van der Waals surface area contributed by atoms with Gasteiger partial charge in [-0.25, -0.2) is 4.98 Å². The first kappa shape index (κ1) is 16.9. The van der Waals surface area contributed by atoms with Crippen LogP contribution in [0.15, 0.2) is 0 Å². The highest BCUT2D eigenvalue weighted by atomic mass is 32.1. The highest BCUT2D eigenvalue weighted by Crippen LogP contribution is 2.40. The van der Waals surface area contributed by atoms with Crippen molar-refractivity contribution in [1.82, 2.24) is 4.98 Å². The molecule has 0 aromatic carbocycles. The van der Waals surface area contributed by atoms with Gasteiger partial charge in [0, 0.05) is 23.4 Å². The van der Waals surface area contributed by atoms with Gasteiger partial charge in [0.2, 0.25) is 0 Å². The molecule has 1 atom stereocenters. The molecule has 0 radical (unpaired) electrons. The van der Waals surface area contributed by atoms with Crippen LogP contribution in [0.4, 0.5) is 0 Å². The predicted octanol–water partition coefficient (Wildman–Crippen LogP) is 4.56. The molecule has 2 rings (SSSR count). The number of nitrogens with two attached hydrogens (primary N) is 1. The third-order valence-corrected chi connectivity index (χ3v) is 5.42. The Morgan fingerprint density at radius 2 is 1.95 bits per heavy atom. The fourth-order valence-corrected chi connectivity index (χ4v) is 4.54. The van der Waals surface area contributed by atoms with Crippen molar-refractivity contribution >= 4 is 11.3 Å². The number of thiazole rings is 1. The van der Waals surface area contributed by atoms with Crippen LogP contribution in [-0.2, 0) is 16.7 Å². The molecular weight excluding hydrogens is 280 g/mol. The molecule has 1 heterocycles. The maximum absolute atomic E-state index is 6.10. The van der Waals surface area contributed by atoms with E-state index in [0.29, 0.717) is 12.5 Å². The topological polar surface area (TPSA) is 48.1 Å². The van der Waals surface area contributed by atoms with E-state index in [2.05, 4.69) is 27.7 Å². The molecule has 3 nitrogen and oxygen atoms in total. The van der Waals surface area contributed by atoms with E-state index >= 15 is 0 Å². The average molecular weight is 311 g/mol. The summed E-state index contributed by atoms with van der Waals surface area (Å²) in [5, 5.41) is 1.15. The maximum atomic E-state index is 6.10. The Hall–Kier alpha value is -0.450. The molecule has 1 aliphatic carbocycles. The van der Waals surface area contributed by atoms with Gasteiger partial charge in [0.25, 0.3) is 0 Å². The third kappa shape index (κ3) is 4.05. The zero-order chi connectivity index (χ0) is 15.5. The minimum Gasteiger partial charge on any atom is -0.371 e. The molecule has 1 unspecified atom stereocenters. The SMILES string of the molecule is CCOC(c1nc(C(C)(C)C)c(CN)s1)C1CCCCC1. The van der Waals surface area contributed by atoms with Crippen LogP contribution in [0.2, 0.25) is 0 Å². The summed E-state index contributed by atoms with van der Waals surface area (Å²) in [5.74, 6) is 0.628. The fourth-order valence-electron chi connectivity index (χ4n) is 3.24. The van der Waals surface area contributed by atoms with Crippen molar-refractivity contribution in [3.63, 3.8) is 0 Å². The number of aromatic nitrogens is 1. The van der Waals surface area contributed by atoms with Crippen molar-refractivity contribution in [2.45, 2.75) is 77.9 Å². The van der Waals surface area contributed by atoms with Gasteiger partial charge >= 0.3 is 0 Å². The molecule has 1 aromatic heterocycles. The molecule has 2 N–H and O–H groups in total. The Bertz CT molecular complexity index is 444. The number of ether oxygens (including phenoxy) is 1. The van der Waals surface area contributed by atoms with E-state index in [0.717, 1.165) is 17.3 Å². The fraction of sp³-hybridized carbons (Fsp3) is 0.824. The van der Waals surface area contributed by atoms with Gasteiger partial charge < -0.3 is 10.5 Å². The summed E-state index contributed by atoms with van der Waals surface area (Å²) in [6, 6.07) is 0. The van der Waals surface area contributed by atoms with Crippen molar-refractivity contribution in [2.24, 2.45) is 11.7 Å². The lowest BCUT2D eigenvalue weighted by Crippen LogP contribution is -2.20. The highest BCUT2D eigenvalue weighted by Gasteiger charge is 2.31. The molecule has 0 saturated heterocycles. The Morgan fingerprint density at radius 1 is 1.29 bits per heavy atom. The largest absolute Gasteiger partial charge is 0.371 e. The molecule has 4 heteroatoms. The number of hydrogen-bond donors (Lipinski definition) is 1. The van der Waals surface area contributed by atoms with Crippen molar-refractivity contribution in [3.8, 4) is 0 Å². The number of hydrogen-bond acceptors (Lipinski definition) is 4. The predicted molar refractivity (Wildman–Crippen MR) is 89.6 cm³/mol. The third-order valence-electron chi connectivity index (χ3n) is 4.28. The van der Waals surface area contributed by atoms with Crippen LogP contribution in [0, 0.1) is 5.92 Å². The number of nitrogens with zero attached hydrogens (tertiary/aromatic N) is 1. The van der Waals surface area contributed by atoms with E-state index in [4.69, 9.17) is 15.5 Å².